The topological polar surface area (TPSA) is 60.2 Å². The highest BCUT2D eigenvalue weighted by molar-refractivity contribution is 7.91. The largest absolute Gasteiger partial charge is 0.330 e. The third-order valence-corrected chi connectivity index (χ3v) is 5.17. The minimum Gasteiger partial charge on any atom is -0.330 e. The summed E-state index contributed by atoms with van der Waals surface area (Å²) in [4.78, 5) is 0. The van der Waals surface area contributed by atoms with E-state index >= 15 is 0 Å². The molecule has 4 heteroatoms. The summed E-state index contributed by atoms with van der Waals surface area (Å²) in [5.41, 5.74) is 5.69. The van der Waals surface area contributed by atoms with E-state index in [1.165, 1.54) is 12.8 Å². The van der Waals surface area contributed by atoms with Gasteiger partial charge in [0.15, 0.2) is 9.84 Å². The van der Waals surface area contributed by atoms with Crippen molar-refractivity contribution in [3.63, 3.8) is 0 Å². The Balaban J connectivity index is 2.00. The van der Waals surface area contributed by atoms with E-state index in [-0.39, 0.29) is 0 Å². The van der Waals surface area contributed by atoms with E-state index in [1.807, 2.05) is 0 Å². The standard InChI is InChI=1S/C9H17NO2S/c10-5-9(7-1-2-7)8-3-4-13(11,12)6-8/h7-9H,1-6,10H2. The molecule has 2 unspecified atom stereocenters. The lowest BCUT2D eigenvalue weighted by molar-refractivity contribution is 0.332. The van der Waals surface area contributed by atoms with Crippen LogP contribution in [0.15, 0.2) is 0 Å². The highest BCUT2D eigenvalue weighted by Gasteiger charge is 2.40. The maximum Gasteiger partial charge on any atom is 0.150 e. The second-order valence-corrected chi connectivity index (χ2v) is 6.63. The average Bonchev–Trinajstić information content (AvgIpc) is 2.80. The summed E-state index contributed by atoms with van der Waals surface area (Å²) in [6.45, 7) is 0.671. The predicted octanol–water partition coefficient (Wildman–Crippen LogP) is 0.406. The van der Waals surface area contributed by atoms with Crippen LogP contribution in [0.5, 0.6) is 0 Å². The Kier molecular flexibility index (Phi) is 2.36. The van der Waals surface area contributed by atoms with Crippen molar-refractivity contribution in [1.29, 1.82) is 0 Å². The predicted molar refractivity (Wildman–Crippen MR) is 52.0 cm³/mol. The SMILES string of the molecule is NCC(C1CC1)C1CCS(=O)(=O)C1. The zero-order valence-corrected chi connectivity index (χ0v) is 8.59. The van der Waals surface area contributed by atoms with Crippen molar-refractivity contribution < 1.29 is 8.42 Å². The molecule has 0 aromatic heterocycles. The van der Waals surface area contributed by atoms with Crippen molar-refractivity contribution in [1.82, 2.24) is 0 Å². The normalized spacial score (nSPS) is 34.7. The molecule has 13 heavy (non-hydrogen) atoms. The van der Waals surface area contributed by atoms with Crippen LogP contribution in [0, 0.1) is 17.8 Å². The monoisotopic (exact) mass is 203 g/mol. The second kappa shape index (κ2) is 3.24. The van der Waals surface area contributed by atoms with Crippen molar-refractivity contribution in [2.45, 2.75) is 19.3 Å². The molecule has 76 valence electrons. The fraction of sp³-hybridized carbons (Fsp3) is 1.00. The summed E-state index contributed by atoms with van der Waals surface area (Å²) in [5.74, 6) is 2.37. The molecule has 1 saturated heterocycles. The van der Waals surface area contributed by atoms with E-state index in [0.717, 1.165) is 12.3 Å². The third-order valence-electron chi connectivity index (χ3n) is 3.37. The highest BCUT2D eigenvalue weighted by atomic mass is 32.2. The maximum atomic E-state index is 11.3. The first-order valence-electron chi connectivity index (χ1n) is 5.03. The molecule has 0 bridgehead atoms. The van der Waals surface area contributed by atoms with Crippen LogP contribution < -0.4 is 5.73 Å². The van der Waals surface area contributed by atoms with Gasteiger partial charge in [0.25, 0.3) is 0 Å². The van der Waals surface area contributed by atoms with Crippen LogP contribution in [0.2, 0.25) is 0 Å². The van der Waals surface area contributed by atoms with Crippen LogP contribution in [-0.4, -0.2) is 26.5 Å². The van der Waals surface area contributed by atoms with Crippen molar-refractivity contribution in [2.75, 3.05) is 18.1 Å². The molecule has 0 aromatic rings. The Morgan fingerprint density at radius 2 is 1.92 bits per heavy atom. The Morgan fingerprint density at radius 1 is 1.23 bits per heavy atom. The van der Waals surface area contributed by atoms with Crippen LogP contribution in [0.3, 0.4) is 0 Å². The van der Waals surface area contributed by atoms with Gasteiger partial charge in [0.2, 0.25) is 0 Å². The Labute approximate surface area is 79.6 Å². The van der Waals surface area contributed by atoms with E-state index in [9.17, 15) is 8.42 Å². The van der Waals surface area contributed by atoms with Gasteiger partial charge >= 0.3 is 0 Å². The van der Waals surface area contributed by atoms with Crippen molar-refractivity contribution in [3.05, 3.63) is 0 Å². The average molecular weight is 203 g/mol. The summed E-state index contributed by atoms with van der Waals surface area (Å²) in [6.07, 6.45) is 3.37. The summed E-state index contributed by atoms with van der Waals surface area (Å²) in [5, 5.41) is 0. The van der Waals surface area contributed by atoms with E-state index in [1.54, 1.807) is 0 Å². The van der Waals surface area contributed by atoms with Crippen molar-refractivity contribution in [3.8, 4) is 0 Å². The van der Waals surface area contributed by atoms with Gasteiger partial charge in [-0.25, -0.2) is 8.42 Å². The van der Waals surface area contributed by atoms with E-state index < -0.39 is 9.84 Å². The molecule has 0 spiro atoms. The summed E-state index contributed by atoms with van der Waals surface area (Å²) in [7, 11) is -2.71. The molecule has 2 rings (SSSR count). The van der Waals surface area contributed by atoms with Crippen LogP contribution >= 0.6 is 0 Å². The first kappa shape index (κ1) is 9.46. The minimum atomic E-state index is -2.71. The lowest BCUT2D eigenvalue weighted by atomic mass is 9.88. The quantitative estimate of drug-likeness (QED) is 0.722. The molecule has 2 N–H and O–H groups in total. The van der Waals surface area contributed by atoms with Crippen LogP contribution in [0.4, 0.5) is 0 Å². The maximum absolute atomic E-state index is 11.3. The number of hydrogen-bond donors (Lipinski definition) is 1. The smallest absolute Gasteiger partial charge is 0.150 e. The van der Waals surface area contributed by atoms with Crippen molar-refractivity contribution >= 4 is 9.84 Å². The molecule has 2 fully saturated rings. The number of nitrogens with two attached hydrogens (primary N) is 1. The van der Waals surface area contributed by atoms with Crippen molar-refractivity contribution in [2.24, 2.45) is 23.5 Å². The molecular formula is C9H17NO2S. The number of hydrogen-bond acceptors (Lipinski definition) is 3. The number of rotatable bonds is 3. The zero-order valence-electron chi connectivity index (χ0n) is 7.78. The molecule has 1 heterocycles. The lowest BCUT2D eigenvalue weighted by Crippen LogP contribution is -2.26. The Hall–Kier alpha value is -0.0900. The van der Waals surface area contributed by atoms with Gasteiger partial charge in [-0.2, -0.15) is 0 Å². The van der Waals surface area contributed by atoms with E-state index in [4.69, 9.17) is 5.73 Å². The molecule has 2 atom stereocenters. The molecule has 1 saturated carbocycles. The van der Waals surface area contributed by atoms with Gasteiger partial charge in [0.1, 0.15) is 0 Å². The molecule has 0 aromatic carbocycles. The van der Waals surface area contributed by atoms with Crippen LogP contribution in [-0.2, 0) is 9.84 Å². The molecule has 2 aliphatic rings. The van der Waals surface area contributed by atoms with Gasteiger partial charge in [0.05, 0.1) is 11.5 Å². The van der Waals surface area contributed by atoms with Gasteiger partial charge in [-0.3, -0.25) is 0 Å². The molecular weight excluding hydrogens is 186 g/mol. The van der Waals surface area contributed by atoms with Crippen LogP contribution in [0.1, 0.15) is 19.3 Å². The Morgan fingerprint density at radius 3 is 2.31 bits per heavy atom. The summed E-state index contributed by atoms with van der Waals surface area (Å²) in [6, 6.07) is 0. The van der Waals surface area contributed by atoms with Gasteiger partial charge in [-0.05, 0) is 43.6 Å². The summed E-state index contributed by atoms with van der Waals surface area (Å²) < 4.78 is 22.5. The van der Waals surface area contributed by atoms with Gasteiger partial charge in [-0.1, -0.05) is 0 Å². The first-order chi connectivity index (χ1) is 6.12. The fourth-order valence-electron chi connectivity index (χ4n) is 2.46. The second-order valence-electron chi connectivity index (χ2n) is 4.40. The lowest BCUT2D eigenvalue weighted by Gasteiger charge is -2.19. The van der Waals surface area contributed by atoms with E-state index in [2.05, 4.69) is 0 Å². The Bertz CT molecular complexity index is 282. The van der Waals surface area contributed by atoms with E-state index in [0.29, 0.717) is 29.9 Å². The van der Waals surface area contributed by atoms with Crippen LogP contribution in [0.25, 0.3) is 0 Å². The van der Waals surface area contributed by atoms with Gasteiger partial charge < -0.3 is 5.73 Å². The summed E-state index contributed by atoms with van der Waals surface area (Å²) >= 11 is 0. The molecule has 0 radical (unpaired) electrons. The van der Waals surface area contributed by atoms with Gasteiger partial charge in [0, 0.05) is 0 Å². The third kappa shape index (κ3) is 2.05. The molecule has 1 aliphatic heterocycles. The number of sulfone groups is 1. The fourth-order valence-corrected chi connectivity index (χ4v) is 4.35. The highest BCUT2D eigenvalue weighted by Crippen LogP contribution is 2.42. The first-order valence-corrected chi connectivity index (χ1v) is 6.85. The molecule has 0 amide bonds. The molecule has 1 aliphatic carbocycles. The zero-order chi connectivity index (χ0) is 9.47. The minimum absolute atomic E-state index is 0.363. The van der Waals surface area contributed by atoms with Gasteiger partial charge in [-0.15, -0.1) is 0 Å². The molecule has 3 nitrogen and oxygen atoms in total.